The van der Waals surface area contributed by atoms with Gasteiger partial charge in [-0.25, -0.2) is 0 Å². The minimum Gasteiger partial charge on any atom is -0.347 e. The molecule has 1 aromatic carbocycles. The minimum absolute atomic E-state index is 0.0482. The van der Waals surface area contributed by atoms with E-state index in [2.05, 4.69) is 19.9 Å². The number of fused-ring (bicyclic) bond motifs is 6. The van der Waals surface area contributed by atoms with E-state index in [9.17, 15) is 9.59 Å². The fourth-order valence-corrected chi connectivity index (χ4v) is 8.23. The Morgan fingerprint density at radius 2 is 1.82 bits per heavy atom. The number of piperidine rings is 1. The van der Waals surface area contributed by atoms with Crippen molar-refractivity contribution in [2.75, 3.05) is 13.2 Å². The monoisotopic (exact) mass is 469 g/mol. The minimum atomic E-state index is -0.591. The van der Waals surface area contributed by atoms with Gasteiger partial charge in [-0.2, -0.15) is 0 Å². The van der Waals surface area contributed by atoms with Gasteiger partial charge in [0.15, 0.2) is 5.79 Å². The molecule has 0 radical (unpaired) electrons. The van der Waals surface area contributed by atoms with Gasteiger partial charge in [0.2, 0.25) is 5.91 Å². The van der Waals surface area contributed by atoms with Crippen molar-refractivity contribution in [3.8, 4) is 0 Å². The van der Waals surface area contributed by atoms with E-state index >= 15 is 0 Å². The third-order valence-electron chi connectivity index (χ3n) is 9.62. The number of likely N-dealkylation sites (tertiary alicyclic amines) is 1. The number of hydrogen-bond acceptors (Lipinski definition) is 4. The predicted molar refractivity (Wildman–Crippen MR) is 124 cm³/mol. The number of benzene rings is 1. The summed E-state index contributed by atoms with van der Waals surface area (Å²) in [5.74, 6) is 0.513. The fraction of sp³-hybridized carbons (Fsp3) is 0.630. The molecule has 6 rings (SSSR count). The van der Waals surface area contributed by atoms with Crippen molar-refractivity contribution < 1.29 is 19.1 Å². The number of halogens is 1. The number of ether oxygens (including phenoxy) is 2. The summed E-state index contributed by atoms with van der Waals surface area (Å²) in [6.07, 6.45) is 6.75. The summed E-state index contributed by atoms with van der Waals surface area (Å²) < 4.78 is 12.4. The first-order chi connectivity index (χ1) is 15.8. The van der Waals surface area contributed by atoms with Gasteiger partial charge in [-0.15, -0.1) is 0 Å². The highest BCUT2D eigenvalue weighted by Crippen LogP contribution is 2.67. The Balaban J connectivity index is 1.35. The molecular formula is C27H32ClNO4. The quantitative estimate of drug-likeness (QED) is 0.603. The van der Waals surface area contributed by atoms with Gasteiger partial charge < -0.3 is 14.4 Å². The third-order valence-corrected chi connectivity index (χ3v) is 9.87. The van der Waals surface area contributed by atoms with Crippen LogP contribution in [0.5, 0.6) is 0 Å². The molecule has 6 heteroatoms. The Morgan fingerprint density at radius 3 is 2.55 bits per heavy atom. The molecule has 5 nitrogen and oxygen atoms in total. The van der Waals surface area contributed by atoms with Gasteiger partial charge in [0, 0.05) is 46.7 Å². The van der Waals surface area contributed by atoms with Gasteiger partial charge in [-0.1, -0.05) is 43.7 Å². The lowest BCUT2D eigenvalue weighted by Crippen LogP contribution is -2.60. The molecule has 4 fully saturated rings. The molecule has 0 N–H and O–H groups in total. The van der Waals surface area contributed by atoms with Crippen molar-refractivity contribution in [3.05, 3.63) is 46.6 Å². The van der Waals surface area contributed by atoms with Crippen LogP contribution in [-0.4, -0.2) is 35.6 Å². The number of Topliss-reactive ketones (excluding diaryl/α,β-unsaturated/α-hetero) is 1. The normalized spacial score (nSPS) is 39.3. The number of ketones is 1. The summed E-state index contributed by atoms with van der Waals surface area (Å²) in [5.41, 5.74) is 1.52. The molecule has 2 heterocycles. The van der Waals surface area contributed by atoms with Crippen LogP contribution in [0.4, 0.5) is 0 Å². The number of rotatable bonds is 2. The summed E-state index contributed by atoms with van der Waals surface area (Å²) in [5, 5.41) is 0.689. The molecule has 0 aromatic heterocycles. The molecule has 1 amide bonds. The van der Waals surface area contributed by atoms with Gasteiger partial charge in [-0.05, 0) is 48.8 Å². The number of carbonyl (C=O) groups is 2. The van der Waals surface area contributed by atoms with Crippen LogP contribution in [0, 0.1) is 28.6 Å². The summed E-state index contributed by atoms with van der Waals surface area (Å²) >= 11 is 6.06. The van der Waals surface area contributed by atoms with Crippen LogP contribution in [-0.2, 0) is 25.6 Å². The van der Waals surface area contributed by atoms with Crippen LogP contribution < -0.4 is 0 Å². The maximum Gasteiger partial charge on any atom is 0.227 e. The number of allylic oxidation sites excluding steroid dienone is 2. The Labute approximate surface area is 200 Å². The molecular weight excluding hydrogens is 438 g/mol. The Bertz CT molecular complexity index is 1030. The molecule has 2 aliphatic heterocycles. The summed E-state index contributed by atoms with van der Waals surface area (Å²) in [6, 6.07) is 7.68. The van der Waals surface area contributed by atoms with Gasteiger partial charge >= 0.3 is 0 Å². The number of hydrogen-bond donors (Lipinski definition) is 0. The molecule has 3 aliphatic carbocycles. The second-order valence-electron chi connectivity index (χ2n) is 11.1. The Hall–Kier alpha value is -1.69. The van der Waals surface area contributed by atoms with E-state index in [0.29, 0.717) is 49.3 Å². The molecule has 2 saturated carbocycles. The predicted octanol–water partition coefficient (Wildman–Crippen LogP) is 5.12. The molecule has 0 bridgehead atoms. The first-order valence-electron chi connectivity index (χ1n) is 12.3. The molecule has 1 spiro atoms. The number of carbonyl (C=O) groups excluding carboxylic acids is 2. The van der Waals surface area contributed by atoms with E-state index in [1.165, 1.54) is 0 Å². The van der Waals surface area contributed by atoms with Crippen molar-refractivity contribution in [2.24, 2.45) is 28.6 Å². The largest absolute Gasteiger partial charge is 0.347 e. The van der Waals surface area contributed by atoms with E-state index < -0.39 is 5.79 Å². The van der Waals surface area contributed by atoms with E-state index in [1.54, 1.807) is 0 Å². The van der Waals surface area contributed by atoms with Gasteiger partial charge in [0.05, 0.1) is 19.8 Å². The highest BCUT2D eigenvalue weighted by atomic mass is 35.5. The van der Waals surface area contributed by atoms with E-state index in [4.69, 9.17) is 21.1 Å². The van der Waals surface area contributed by atoms with Crippen LogP contribution in [0.3, 0.4) is 0 Å². The average molecular weight is 470 g/mol. The lowest BCUT2D eigenvalue weighted by Gasteiger charge is -2.58. The van der Waals surface area contributed by atoms with Gasteiger partial charge in [-0.3, -0.25) is 9.59 Å². The van der Waals surface area contributed by atoms with Crippen LogP contribution in [0.15, 0.2) is 36.0 Å². The van der Waals surface area contributed by atoms with Crippen molar-refractivity contribution in [1.29, 1.82) is 0 Å². The summed E-state index contributed by atoms with van der Waals surface area (Å²) in [6.45, 7) is 6.21. The number of amides is 1. The lowest BCUT2D eigenvalue weighted by molar-refractivity contribution is -0.238. The zero-order valence-electron chi connectivity index (χ0n) is 19.4. The molecule has 1 aromatic rings. The Morgan fingerprint density at radius 1 is 1.09 bits per heavy atom. The van der Waals surface area contributed by atoms with Crippen LogP contribution in [0.1, 0.15) is 57.9 Å². The van der Waals surface area contributed by atoms with Crippen LogP contribution in [0.25, 0.3) is 0 Å². The van der Waals surface area contributed by atoms with Crippen LogP contribution >= 0.6 is 11.6 Å². The summed E-state index contributed by atoms with van der Waals surface area (Å²) in [7, 11) is 0. The second kappa shape index (κ2) is 7.40. The van der Waals surface area contributed by atoms with Crippen LogP contribution in [0.2, 0.25) is 5.02 Å². The zero-order valence-corrected chi connectivity index (χ0v) is 20.2. The smallest absolute Gasteiger partial charge is 0.227 e. The zero-order chi connectivity index (χ0) is 23.0. The highest BCUT2D eigenvalue weighted by Gasteiger charge is 2.69. The standard InChI is InChI=1S/C27H32ClNO4/c1-25-11-10-23(31)29(16-17-3-5-18(28)6-4-17)22(25)8-7-19-20-9-12-27(32-13-14-33-27)26(20,2)15-21(30)24(19)25/h3-6,8,19-20,24H,7,9-16H2,1-2H3/t19?,20-,24+,25?,26?/m0/s1. The van der Waals surface area contributed by atoms with Gasteiger partial charge in [0.1, 0.15) is 5.78 Å². The second-order valence-corrected chi connectivity index (χ2v) is 11.6. The van der Waals surface area contributed by atoms with E-state index in [-0.39, 0.29) is 28.6 Å². The topological polar surface area (TPSA) is 55.8 Å². The van der Waals surface area contributed by atoms with Crippen molar-refractivity contribution >= 4 is 23.3 Å². The summed E-state index contributed by atoms with van der Waals surface area (Å²) in [4.78, 5) is 28.9. The molecule has 176 valence electrons. The maximum atomic E-state index is 13.9. The molecule has 3 unspecified atom stereocenters. The highest BCUT2D eigenvalue weighted by molar-refractivity contribution is 6.30. The van der Waals surface area contributed by atoms with Gasteiger partial charge in [0.25, 0.3) is 0 Å². The van der Waals surface area contributed by atoms with Crippen molar-refractivity contribution in [2.45, 2.75) is 64.7 Å². The number of nitrogens with zero attached hydrogens (tertiary/aromatic N) is 1. The molecule has 5 atom stereocenters. The lowest BCUT2D eigenvalue weighted by atomic mass is 9.49. The van der Waals surface area contributed by atoms with Crippen molar-refractivity contribution in [3.63, 3.8) is 0 Å². The first kappa shape index (κ1) is 21.8. The average Bonchev–Trinajstić information content (AvgIpc) is 3.37. The first-order valence-corrected chi connectivity index (χ1v) is 12.7. The Kier molecular flexibility index (Phi) is 4.89. The van der Waals surface area contributed by atoms with E-state index in [0.717, 1.165) is 36.9 Å². The third kappa shape index (κ3) is 2.98. The van der Waals surface area contributed by atoms with Crippen molar-refractivity contribution in [1.82, 2.24) is 4.90 Å². The molecule has 5 aliphatic rings. The SMILES string of the molecule is CC12CCC(=O)N(Cc3ccc(Cl)cc3)C1=CCC1[C@@H]2C(=O)CC2(C)[C@H]1CCC21OCCO1. The fourth-order valence-electron chi connectivity index (χ4n) is 8.11. The molecule has 2 saturated heterocycles. The maximum absolute atomic E-state index is 13.9. The van der Waals surface area contributed by atoms with E-state index in [1.807, 2.05) is 29.2 Å². The molecule has 33 heavy (non-hydrogen) atoms.